The molecule has 0 bridgehead atoms. The molecular weight excluding hydrogens is 558 g/mol. The normalized spacial score (nSPS) is 14.7. The molecule has 0 unspecified atom stereocenters. The van der Waals surface area contributed by atoms with Gasteiger partial charge in [-0.2, -0.15) is 0 Å². The summed E-state index contributed by atoms with van der Waals surface area (Å²) in [7, 11) is -4.11. The van der Waals surface area contributed by atoms with Gasteiger partial charge in [0.1, 0.15) is 12.6 Å². The Hall–Kier alpha value is -3.36. The molecule has 2 amide bonds. The van der Waals surface area contributed by atoms with Crippen LogP contribution in [-0.4, -0.2) is 43.8 Å². The van der Waals surface area contributed by atoms with Crippen LogP contribution in [0.25, 0.3) is 0 Å². The van der Waals surface area contributed by atoms with E-state index in [1.807, 2.05) is 32.0 Å². The SMILES string of the molecule is Cc1ccc(C)c(N(CC(=O)N(Cc2ccccc2Cl)[C@H](C)C(=O)NC2CCCCC2)S(=O)(=O)c2ccccc2)c1. The molecule has 41 heavy (non-hydrogen) atoms. The van der Waals surface area contributed by atoms with E-state index in [0.29, 0.717) is 21.8 Å². The number of nitrogens with zero attached hydrogens (tertiary/aromatic N) is 2. The van der Waals surface area contributed by atoms with Crippen LogP contribution in [-0.2, 0) is 26.2 Å². The Morgan fingerprint density at radius 2 is 1.61 bits per heavy atom. The minimum absolute atomic E-state index is 0.0593. The van der Waals surface area contributed by atoms with Gasteiger partial charge in [-0.05, 0) is 74.6 Å². The molecule has 0 aromatic heterocycles. The zero-order valence-corrected chi connectivity index (χ0v) is 25.4. The Morgan fingerprint density at radius 3 is 2.29 bits per heavy atom. The number of halogens is 1. The van der Waals surface area contributed by atoms with E-state index in [1.54, 1.807) is 49.4 Å². The topological polar surface area (TPSA) is 86.8 Å². The van der Waals surface area contributed by atoms with Gasteiger partial charge in [0, 0.05) is 17.6 Å². The van der Waals surface area contributed by atoms with Crippen LogP contribution >= 0.6 is 11.6 Å². The van der Waals surface area contributed by atoms with Gasteiger partial charge < -0.3 is 10.2 Å². The molecule has 0 aliphatic heterocycles. The Labute approximate surface area is 248 Å². The third-order valence-electron chi connectivity index (χ3n) is 7.66. The molecule has 1 N–H and O–H groups in total. The van der Waals surface area contributed by atoms with E-state index >= 15 is 0 Å². The van der Waals surface area contributed by atoms with Crippen molar-refractivity contribution in [2.24, 2.45) is 0 Å². The number of rotatable bonds is 10. The van der Waals surface area contributed by atoms with Crippen LogP contribution in [0, 0.1) is 13.8 Å². The van der Waals surface area contributed by atoms with Crippen LogP contribution in [0.5, 0.6) is 0 Å². The van der Waals surface area contributed by atoms with Gasteiger partial charge in [-0.3, -0.25) is 13.9 Å². The predicted molar refractivity (Wildman–Crippen MR) is 163 cm³/mol. The van der Waals surface area contributed by atoms with Crippen molar-refractivity contribution in [3.8, 4) is 0 Å². The number of amides is 2. The van der Waals surface area contributed by atoms with Crippen LogP contribution in [0.2, 0.25) is 5.02 Å². The molecule has 1 saturated carbocycles. The molecule has 0 heterocycles. The Kier molecular flexibility index (Phi) is 10.1. The summed E-state index contributed by atoms with van der Waals surface area (Å²) in [5.74, 6) is -0.766. The van der Waals surface area contributed by atoms with E-state index in [4.69, 9.17) is 11.6 Å². The molecule has 0 saturated heterocycles. The lowest BCUT2D eigenvalue weighted by Crippen LogP contribution is -2.53. The van der Waals surface area contributed by atoms with Crippen molar-refractivity contribution < 1.29 is 18.0 Å². The Bertz CT molecular complexity index is 1470. The van der Waals surface area contributed by atoms with Crippen LogP contribution in [0.15, 0.2) is 77.7 Å². The molecule has 1 atom stereocenters. The summed E-state index contributed by atoms with van der Waals surface area (Å²) in [5.41, 5.74) is 2.66. The Morgan fingerprint density at radius 1 is 0.951 bits per heavy atom. The van der Waals surface area contributed by atoms with Gasteiger partial charge in [0.15, 0.2) is 0 Å². The molecule has 1 aliphatic rings. The highest BCUT2D eigenvalue weighted by Crippen LogP contribution is 2.29. The molecule has 1 aliphatic carbocycles. The summed E-state index contributed by atoms with van der Waals surface area (Å²) in [6, 6.07) is 19.9. The summed E-state index contributed by atoms with van der Waals surface area (Å²) in [4.78, 5) is 29.1. The van der Waals surface area contributed by atoms with Crippen LogP contribution in [0.4, 0.5) is 5.69 Å². The van der Waals surface area contributed by atoms with Gasteiger partial charge in [-0.15, -0.1) is 0 Å². The van der Waals surface area contributed by atoms with Gasteiger partial charge in [-0.1, -0.05) is 79.4 Å². The number of hydrogen-bond donors (Lipinski definition) is 1. The van der Waals surface area contributed by atoms with E-state index < -0.39 is 28.5 Å². The number of benzene rings is 3. The summed E-state index contributed by atoms with van der Waals surface area (Å²) in [6.07, 6.45) is 5.09. The van der Waals surface area contributed by atoms with Crippen molar-refractivity contribution in [3.05, 3.63) is 94.5 Å². The number of anilines is 1. The largest absolute Gasteiger partial charge is 0.352 e. The van der Waals surface area contributed by atoms with Crippen molar-refractivity contribution in [2.75, 3.05) is 10.8 Å². The molecule has 218 valence electrons. The van der Waals surface area contributed by atoms with Gasteiger partial charge in [0.25, 0.3) is 10.0 Å². The summed E-state index contributed by atoms with van der Waals surface area (Å²) in [5, 5.41) is 3.58. The fraction of sp³-hybridized carbons (Fsp3) is 0.375. The average molecular weight is 596 g/mol. The molecule has 0 spiro atoms. The second kappa shape index (κ2) is 13.5. The van der Waals surface area contributed by atoms with E-state index in [-0.39, 0.29) is 23.4 Å². The molecule has 9 heteroatoms. The number of nitrogens with one attached hydrogen (secondary N) is 1. The van der Waals surface area contributed by atoms with Crippen molar-refractivity contribution in [3.63, 3.8) is 0 Å². The molecule has 0 radical (unpaired) electrons. The second-order valence-corrected chi connectivity index (χ2v) is 13.0. The van der Waals surface area contributed by atoms with Gasteiger partial charge in [0.2, 0.25) is 11.8 Å². The quantitative estimate of drug-likeness (QED) is 0.311. The average Bonchev–Trinajstić information content (AvgIpc) is 2.97. The summed E-state index contributed by atoms with van der Waals surface area (Å²) >= 11 is 6.46. The van der Waals surface area contributed by atoms with E-state index in [9.17, 15) is 18.0 Å². The van der Waals surface area contributed by atoms with Crippen LogP contribution in [0.3, 0.4) is 0 Å². The second-order valence-electron chi connectivity index (χ2n) is 10.7. The van der Waals surface area contributed by atoms with Gasteiger partial charge >= 0.3 is 0 Å². The summed E-state index contributed by atoms with van der Waals surface area (Å²) < 4.78 is 29.1. The number of aryl methyl sites for hydroxylation is 2. The number of carbonyl (C=O) groups is 2. The minimum Gasteiger partial charge on any atom is -0.352 e. The lowest BCUT2D eigenvalue weighted by molar-refractivity contribution is -0.139. The highest BCUT2D eigenvalue weighted by molar-refractivity contribution is 7.92. The molecule has 7 nitrogen and oxygen atoms in total. The van der Waals surface area contributed by atoms with Crippen molar-refractivity contribution in [2.45, 2.75) is 76.4 Å². The zero-order valence-electron chi connectivity index (χ0n) is 23.8. The number of sulfonamides is 1. The van der Waals surface area contributed by atoms with E-state index in [2.05, 4.69) is 5.32 Å². The maximum absolute atomic E-state index is 14.2. The maximum atomic E-state index is 14.2. The lowest BCUT2D eigenvalue weighted by atomic mass is 9.95. The third-order valence-corrected chi connectivity index (χ3v) is 9.80. The summed E-state index contributed by atoms with van der Waals surface area (Å²) in [6.45, 7) is 4.95. The van der Waals surface area contributed by atoms with Crippen molar-refractivity contribution in [1.29, 1.82) is 0 Å². The molecule has 1 fully saturated rings. The first-order valence-electron chi connectivity index (χ1n) is 14.1. The smallest absolute Gasteiger partial charge is 0.264 e. The first-order valence-corrected chi connectivity index (χ1v) is 15.9. The maximum Gasteiger partial charge on any atom is 0.264 e. The first-order chi connectivity index (χ1) is 19.6. The van der Waals surface area contributed by atoms with Crippen LogP contribution < -0.4 is 9.62 Å². The fourth-order valence-corrected chi connectivity index (χ4v) is 6.87. The Balaban J connectivity index is 1.71. The predicted octanol–water partition coefficient (Wildman–Crippen LogP) is 6.02. The highest BCUT2D eigenvalue weighted by Gasteiger charge is 2.34. The van der Waals surface area contributed by atoms with Crippen LogP contribution in [0.1, 0.15) is 55.7 Å². The van der Waals surface area contributed by atoms with E-state index in [0.717, 1.165) is 42.0 Å². The highest BCUT2D eigenvalue weighted by atomic mass is 35.5. The molecule has 3 aromatic carbocycles. The molecule has 3 aromatic rings. The molecular formula is C32H38ClN3O4S. The lowest BCUT2D eigenvalue weighted by Gasteiger charge is -2.33. The van der Waals surface area contributed by atoms with Gasteiger partial charge in [0.05, 0.1) is 10.6 Å². The number of carbonyl (C=O) groups excluding carboxylic acids is 2. The third kappa shape index (κ3) is 7.49. The molecule has 4 rings (SSSR count). The minimum atomic E-state index is -4.11. The standard InChI is InChI=1S/C32H38ClN3O4S/c1-23-18-19-24(2)30(20-23)36(41(39,40)28-15-8-5-9-16-28)22-31(37)35(21-26-12-10-11-17-29(26)33)25(3)32(38)34-27-13-6-4-7-14-27/h5,8-12,15-20,25,27H,4,6-7,13-14,21-22H2,1-3H3,(H,34,38)/t25-/m1/s1. The van der Waals surface area contributed by atoms with Gasteiger partial charge in [-0.25, -0.2) is 8.42 Å². The van der Waals surface area contributed by atoms with Crippen molar-refractivity contribution in [1.82, 2.24) is 10.2 Å². The zero-order chi connectivity index (χ0) is 29.6. The number of hydrogen-bond acceptors (Lipinski definition) is 4. The van der Waals surface area contributed by atoms with Crippen molar-refractivity contribution >= 4 is 39.1 Å². The monoisotopic (exact) mass is 595 g/mol. The first kappa shape index (κ1) is 30.6. The van der Waals surface area contributed by atoms with E-state index in [1.165, 1.54) is 17.0 Å². The fourth-order valence-electron chi connectivity index (χ4n) is 5.18.